The summed E-state index contributed by atoms with van der Waals surface area (Å²) in [5, 5.41) is 0. The molecule has 1 nitrogen and oxygen atoms in total. The van der Waals surface area contributed by atoms with Crippen molar-refractivity contribution >= 4 is 38.5 Å². The third-order valence-electron chi connectivity index (χ3n) is 3.55. The van der Waals surface area contributed by atoms with Crippen LogP contribution in [0.25, 0.3) is 0 Å². The van der Waals surface area contributed by atoms with Crippen LogP contribution < -0.4 is 0 Å². The van der Waals surface area contributed by atoms with Gasteiger partial charge in [0.15, 0.2) is 0 Å². The van der Waals surface area contributed by atoms with E-state index in [-0.39, 0.29) is 6.10 Å². The summed E-state index contributed by atoms with van der Waals surface area (Å²) in [5.41, 5.74) is 1.29. The Morgan fingerprint density at radius 3 is 2.44 bits per heavy atom. The van der Waals surface area contributed by atoms with E-state index in [1.807, 2.05) is 0 Å². The predicted molar refractivity (Wildman–Crippen MR) is 88.3 cm³/mol. The Morgan fingerprint density at radius 2 is 1.83 bits per heavy atom. The van der Waals surface area contributed by atoms with Crippen molar-refractivity contribution in [1.82, 2.24) is 0 Å². The van der Waals surface area contributed by atoms with Crippen molar-refractivity contribution < 1.29 is 4.74 Å². The van der Waals surface area contributed by atoms with Gasteiger partial charge in [-0.25, -0.2) is 0 Å². The molecule has 1 aromatic carbocycles. The van der Waals surface area contributed by atoms with Crippen LogP contribution in [-0.2, 0) is 4.74 Å². The monoisotopic (exact) mass is 422 g/mol. The number of alkyl halides is 1. The van der Waals surface area contributed by atoms with E-state index < -0.39 is 0 Å². The quantitative estimate of drug-likeness (QED) is 0.345. The molecule has 0 N–H and O–H groups in total. The largest absolute Gasteiger partial charge is 0.369 e. The molecule has 0 radical (unpaired) electrons. The first-order valence-electron chi connectivity index (χ1n) is 6.77. The van der Waals surface area contributed by atoms with E-state index in [2.05, 4.69) is 62.8 Å². The molecular weight excluding hydrogens is 403 g/mol. The van der Waals surface area contributed by atoms with Crippen molar-refractivity contribution in [2.45, 2.75) is 50.7 Å². The van der Waals surface area contributed by atoms with E-state index in [4.69, 9.17) is 4.74 Å². The minimum absolute atomic E-state index is 0.226. The topological polar surface area (TPSA) is 9.23 Å². The molecule has 1 unspecified atom stereocenters. The molecule has 3 heteroatoms. The van der Waals surface area contributed by atoms with Gasteiger partial charge in [-0.2, -0.15) is 0 Å². The van der Waals surface area contributed by atoms with Crippen molar-refractivity contribution in [2.24, 2.45) is 0 Å². The summed E-state index contributed by atoms with van der Waals surface area (Å²) in [6.07, 6.45) is 8.56. The average molecular weight is 423 g/mol. The normalized spacial score (nSPS) is 19.4. The smallest absolute Gasteiger partial charge is 0.0928 e. The molecule has 0 aliphatic heterocycles. The van der Waals surface area contributed by atoms with Crippen LogP contribution in [0.15, 0.2) is 28.7 Å². The molecule has 0 bridgehead atoms. The molecule has 1 fully saturated rings. The Balaban J connectivity index is 2.02. The Bertz CT molecular complexity index is 361. The third kappa shape index (κ3) is 4.20. The van der Waals surface area contributed by atoms with E-state index in [9.17, 15) is 0 Å². The molecule has 1 aliphatic rings. The molecule has 0 saturated heterocycles. The SMILES string of the molecule is Brc1ccccc1C(CI)OC1CCCCCC1. The molecule has 0 spiro atoms. The number of ether oxygens (including phenoxy) is 1. The fourth-order valence-electron chi connectivity index (χ4n) is 2.54. The highest BCUT2D eigenvalue weighted by atomic mass is 127. The second kappa shape index (κ2) is 7.85. The second-order valence-electron chi connectivity index (χ2n) is 4.91. The van der Waals surface area contributed by atoms with Crippen LogP contribution in [0.1, 0.15) is 50.2 Å². The lowest BCUT2D eigenvalue weighted by molar-refractivity contribution is -0.00738. The van der Waals surface area contributed by atoms with Gasteiger partial charge < -0.3 is 4.74 Å². The molecule has 18 heavy (non-hydrogen) atoms. The van der Waals surface area contributed by atoms with Gasteiger partial charge in [0, 0.05) is 8.90 Å². The van der Waals surface area contributed by atoms with Gasteiger partial charge in [-0.05, 0) is 24.5 Å². The third-order valence-corrected chi connectivity index (χ3v) is 5.07. The fourth-order valence-corrected chi connectivity index (χ4v) is 3.76. The highest BCUT2D eigenvalue weighted by molar-refractivity contribution is 14.1. The Labute approximate surface area is 132 Å². The van der Waals surface area contributed by atoms with Gasteiger partial charge in [-0.3, -0.25) is 0 Å². The lowest BCUT2D eigenvalue weighted by atomic mass is 10.1. The van der Waals surface area contributed by atoms with Gasteiger partial charge in [0.1, 0.15) is 0 Å². The molecule has 2 rings (SSSR count). The molecule has 1 aliphatic carbocycles. The lowest BCUT2D eigenvalue weighted by Gasteiger charge is -2.23. The fraction of sp³-hybridized carbons (Fsp3) is 0.600. The number of benzene rings is 1. The van der Waals surface area contributed by atoms with E-state index >= 15 is 0 Å². The highest BCUT2D eigenvalue weighted by Gasteiger charge is 2.20. The minimum atomic E-state index is 0.226. The van der Waals surface area contributed by atoms with Crippen molar-refractivity contribution in [2.75, 3.05) is 4.43 Å². The minimum Gasteiger partial charge on any atom is -0.369 e. The molecule has 1 atom stereocenters. The van der Waals surface area contributed by atoms with E-state index in [1.54, 1.807) is 0 Å². The number of rotatable bonds is 4. The van der Waals surface area contributed by atoms with Crippen LogP contribution in [0.4, 0.5) is 0 Å². The van der Waals surface area contributed by atoms with Crippen LogP contribution in [0.5, 0.6) is 0 Å². The summed E-state index contributed by atoms with van der Waals surface area (Å²) >= 11 is 6.06. The standard InChI is InChI=1S/C15H20BrIO/c16-14-10-6-5-9-13(14)15(11-17)18-12-7-3-1-2-4-8-12/h5-6,9-10,12,15H,1-4,7-8,11H2. The lowest BCUT2D eigenvalue weighted by Crippen LogP contribution is -2.17. The van der Waals surface area contributed by atoms with Gasteiger partial charge in [0.25, 0.3) is 0 Å². The van der Waals surface area contributed by atoms with Crippen molar-refractivity contribution in [1.29, 1.82) is 0 Å². The van der Waals surface area contributed by atoms with Gasteiger partial charge in [0.05, 0.1) is 12.2 Å². The molecule has 1 saturated carbocycles. The summed E-state index contributed by atoms with van der Waals surface area (Å²) in [6, 6.07) is 8.43. The maximum absolute atomic E-state index is 6.35. The van der Waals surface area contributed by atoms with Gasteiger partial charge in [-0.15, -0.1) is 0 Å². The van der Waals surface area contributed by atoms with Crippen LogP contribution in [0, 0.1) is 0 Å². The zero-order valence-corrected chi connectivity index (χ0v) is 14.3. The van der Waals surface area contributed by atoms with Crippen LogP contribution in [-0.4, -0.2) is 10.5 Å². The predicted octanol–water partition coefficient (Wildman–Crippen LogP) is 5.66. The van der Waals surface area contributed by atoms with Crippen LogP contribution in [0.3, 0.4) is 0 Å². The summed E-state index contributed by atoms with van der Waals surface area (Å²) in [7, 11) is 0. The van der Waals surface area contributed by atoms with Crippen molar-refractivity contribution in [3.63, 3.8) is 0 Å². The summed E-state index contributed by atoms with van der Waals surface area (Å²) in [6.45, 7) is 0. The molecule has 100 valence electrons. The van der Waals surface area contributed by atoms with Gasteiger partial charge in [-0.1, -0.05) is 82.4 Å². The summed E-state index contributed by atoms with van der Waals surface area (Å²) in [5.74, 6) is 0. The molecule has 1 aromatic rings. The Morgan fingerprint density at radius 1 is 1.17 bits per heavy atom. The molecule has 0 amide bonds. The van der Waals surface area contributed by atoms with Gasteiger partial charge >= 0.3 is 0 Å². The summed E-state index contributed by atoms with van der Waals surface area (Å²) < 4.78 is 8.53. The van der Waals surface area contributed by atoms with E-state index in [0.717, 1.165) is 4.43 Å². The van der Waals surface area contributed by atoms with Crippen LogP contribution >= 0.6 is 38.5 Å². The molecule has 0 aromatic heterocycles. The number of hydrogen-bond donors (Lipinski definition) is 0. The van der Waals surface area contributed by atoms with E-state index in [1.165, 1.54) is 48.6 Å². The molecular formula is C15H20BrIO. The zero-order chi connectivity index (χ0) is 12.8. The zero-order valence-electron chi connectivity index (χ0n) is 10.6. The maximum atomic E-state index is 6.35. The highest BCUT2D eigenvalue weighted by Crippen LogP contribution is 2.31. The molecule has 0 heterocycles. The van der Waals surface area contributed by atoms with E-state index in [0.29, 0.717) is 6.10 Å². The second-order valence-corrected chi connectivity index (χ2v) is 6.65. The first-order valence-corrected chi connectivity index (χ1v) is 9.09. The average Bonchev–Trinajstić information content (AvgIpc) is 2.65. The number of hydrogen-bond acceptors (Lipinski definition) is 1. The van der Waals surface area contributed by atoms with Gasteiger partial charge in [0.2, 0.25) is 0 Å². The van der Waals surface area contributed by atoms with Crippen molar-refractivity contribution in [3.8, 4) is 0 Å². The Hall–Kier alpha value is 0.390. The van der Waals surface area contributed by atoms with Crippen LogP contribution in [0.2, 0.25) is 0 Å². The first kappa shape index (κ1) is 14.8. The summed E-state index contributed by atoms with van der Waals surface area (Å²) in [4.78, 5) is 0. The van der Waals surface area contributed by atoms with Crippen molar-refractivity contribution in [3.05, 3.63) is 34.3 Å². The maximum Gasteiger partial charge on any atom is 0.0928 e. The number of halogens is 2. The first-order chi connectivity index (χ1) is 8.81. The Kier molecular flexibility index (Phi) is 6.45.